The van der Waals surface area contributed by atoms with Crippen LogP contribution in [0.3, 0.4) is 0 Å². The van der Waals surface area contributed by atoms with Crippen LogP contribution in [0.1, 0.15) is 19.4 Å². The van der Waals surface area contributed by atoms with E-state index in [-0.39, 0.29) is 47.8 Å². The highest BCUT2D eigenvalue weighted by atomic mass is 32.2. The third kappa shape index (κ3) is 7.54. The van der Waals surface area contributed by atoms with E-state index in [0.29, 0.717) is 17.0 Å². The molecule has 0 saturated carbocycles. The molecule has 4 rings (SSSR count). The van der Waals surface area contributed by atoms with Gasteiger partial charge in [-0.2, -0.15) is 0 Å². The molecule has 3 aromatic rings. The maximum atomic E-state index is 13.4. The molecular formula is C28H33FN4O6S2. The fourth-order valence-electron chi connectivity index (χ4n) is 4.44. The van der Waals surface area contributed by atoms with Crippen LogP contribution in [0.15, 0.2) is 64.2 Å². The summed E-state index contributed by atoms with van der Waals surface area (Å²) in [5.74, 6) is -0.525. The SMILES string of the molecule is C[C@@H]1CN([C@H](C)CO)C(=O)Cc2cc(NS(=O)(=O)c3cccs3)ccc2O[C@H]1CN(C)C(=O)Nc1ccc(F)cc1. The monoisotopic (exact) mass is 604 g/mol. The van der Waals surface area contributed by atoms with Gasteiger partial charge in [-0.25, -0.2) is 17.6 Å². The zero-order chi connectivity index (χ0) is 29.7. The fraction of sp³-hybridized carbons (Fsp3) is 0.357. The molecule has 0 fully saturated rings. The van der Waals surface area contributed by atoms with Gasteiger partial charge in [-0.1, -0.05) is 13.0 Å². The molecule has 2 aromatic carbocycles. The largest absolute Gasteiger partial charge is 0.488 e. The minimum absolute atomic E-state index is 0.0748. The van der Waals surface area contributed by atoms with Gasteiger partial charge in [-0.15, -0.1) is 11.3 Å². The van der Waals surface area contributed by atoms with E-state index >= 15 is 0 Å². The number of benzene rings is 2. The summed E-state index contributed by atoms with van der Waals surface area (Å²) in [4.78, 5) is 29.3. The molecule has 2 heterocycles. The number of nitrogens with one attached hydrogen (secondary N) is 2. The van der Waals surface area contributed by atoms with Gasteiger partial charge < -0.3 is 25.0 Å². The second kappa shape index (κ2) is 12.9. The predicted molar refractivity (Wildman–Crippen MR) is 155 cm³/mol. The average molecular weight is 605 g/mol. The number of amides is 3. The number of nitrogens with zero attached hydrogens (tertiary/aromatic N) is 2. The topological polar surface area (TPSA) is 128 Å². The smallest absolute Gasteiger partial charge is 0.321 e. The molecular weight excluding hydrogens is 571 g/mol. The van der Waals surface area contributed by atoms with Crippen molar-refractivity contribution in [2.75, 3.05) is 36.8 Å². The number of anilines is 2. The number of thiophene rings is 1. The third-order valence-electron chi connectivity index (χ3n) is 6.82. The highest BCUT2D eigenvalue weighted by Crippen LogP contribution is 2.30. The fourth-order valence-corrected chi connectivity index (χ4v) is 6.48. The van der Waals surface area contributed by atoms with Gasteiger partial charge in [0.25, 0.3) is 10.0 Å². The predicted octanol–water partition coefficient (Wildman–Crippen LogP) is 4.00. The number of ether oxygens (including phenoxy) is 1. The van der Waals surface area contributed by atoms with Crippen molar-refractivity contribution in [3.8, 4) is 5.75 Å². The highest BCUT2D eigenvalue weighted by Gasteiger charge is 2.32. The van der Waals surface area contributed by atoms with Crippen molar-refractivity contribution in [3.05, 3.63) is 71.4 Å². The van der Waals surface area contributed by atoms with Gasteiger partial charge in [-0.3, -0.25) is 9.52 Å². The normalized spacial score (nSPS) is 18.3. The average Bonchev–Trinajstić information content (AvgIpc) is 3.50. The Morgan fingerprint density at radius 2 is 1.93 bits per heavy atom. The molecule has 0 radical (unpaired) electrons. The Bertz CT molecular complexity index is 1470. The maximum Gasteiger partial charge on any atom is 0.321 e. The van der Waals surface area contributed by atoms with Crippen LogP contribution in [0.25, 0.3) is 0 Å². The number of halogens is 1. The second-order valence-corrected chi connectivity index (χ2v) is 12.9. The molecule has 220 valence electrons. The van der Waals surface area contributed by atoms with Crippen molar-refractivity contribution in [2.24, 2.45) is 5.92 Å². The summed E-state index contributed by atoms with van der Waals surface area (Å²) >= 11 is 1.09. The lowest BCUT2D eigenvalue weighted by Gasteiger charge is -2.34. The maximum absolute atomic E-state index is 13.4. The first-order valence-electron chi connectivity index (χ1n) is 13.0. The lowest BCUT2D eigenvalue weighted by molar-refractivity contribution is -0.134. The summed E-state index contributed by atoms with van der Waals surface area (Å²) < 4.78 is 47.9. The highest BCUT2D eigenvalue weighted by molar-refractivity contribution is 7.94. The van der Waals surface area contributed by atoms with E-state index in [1.54, 1.807) is 48.5 Å². The molecule has 0 aliphatic carbocycles. The van der Waals surface area contributed by atoms with Gasteiger partial charge in [-0.05, 0) is 60.8 Å². The van der Waals surface area contributed by atoms with Crippen LogP contribution in [0.2, 0.25) is 0 Å². The Labute approximate surface area is 242 Å². The van der Waals surface area contributed by atoms with Crippen LogP contribution >= 0.6 is 11.3 Å². The summed E-state index contributed by atoms with van der Waals surface area (Å²) in [5, 5.41) is 14.2. The van der Waals surface area contributed by atoms with Crippen LogP contribution in [-0.4, -0.2) is 74.2 Å². The quantitative estimate of drug-likeness (QED) is 0.357. The van der Waals surface area contributed by atoms with Crippen molar-refractivity contribution < 1.29 is 32.2 Å². The number of hydrogen-bond acceptors (Lipinski definition) is 7. The number of fused-ring (bicyclic) bond motifs is 1. The van der Waals surface area contributed by atoms with E-state index in [0.717, 1.165) is 11.3 Å². The molecule has 10 nitrogen and oxygen atoms in total. The van der Waals surface area contributed by atoms with E-state index in [1.807, 2.05) is 6.92 Å². The van der Waals surface area contributed by atoms with Crippen molar-refractivity contribution in [2.45, 2.75) is 36.6 Å². The van der Waals surface area contributed by atoms with Crippen molar-refractivity contribution in [3.63, 3.8) is 0 Å². The van der Waals surface area contributed by atoms with Crippen LogP contribution in [0.5, 0.6) is 5.75 Å². The zero-order valence-corrected chi connectivity index (χ0v) is 24.5. The van der Waals surface area contributed by atoms with Gasteiger partial charge in [0.2, 0.25) is 5.91 Å². The molecule has 1 aromatic heterocycles. The molecule has 13 heteroatoms. The summed E-state index contributed by atoms with van der Waals surface area (Å²) in [6.07, 6.45) is -0.639. The Morgan fingerprint density at radius 1 is 1.22 bits per heavy atom. The second-order valence-electron chi connectivity index (χ2n) is 10.1. The number of sulfonamides is 1. The number of hydrogen-bond donors (Lipinski definition) is 3. The summed E-state index contributed by atoms with van der Waals surface area (Å²) in [5.41, 5.74) is 1.17. The van der Waals surface area contributed by atoms with E-state index in [4.69, 9.17) is 4.74 Å². The number of urea groups is 1. The minimum Gasteiger partial charge on any atom is -0.488 e. The van der Waals surface area contributed by atoms with Crippen LogP contribution in [0, 0.1) is 11.7 Å². The van der Waals surface area contributed by atoms with E-state index in [9.17, 15) is 27.5 Å². The number of aliphatic hydroxyl groups excluding tert-OH is 1. The Kier molecular flexibility index (Phi) is 9.51. The van der Waals surface area contributed by atoms with Gasteiger partial charge in [0.1, 0.15) is 21.9 Å². The Morgan fingerprint density at radius 3 is 2.59 bits per heavy atom. The third-order valence-corrected chi connectivity index (χ3v) is 9.60. The number of aliphatic hydroxyl groups is 1. The number of likely N-dealkylation sites (N-methyl/N-ethyl adjacent to an activating group) is 1. The van der Waals surface area contributed by atoms with E-state index < -0.39 is 34.0 Å². The van der Waals surface area contributed by atoms with Gasteiger partial charge in [0.15, 0.2) is 0 Å². The molecule has 1 aliphatic heterocycles. The van der Waals surface area contributed by atoms with Crippen molar-refractivity contribution in [1.29, 1.82) is 0 Å². The molecule has 3 amide bonds. The molecule has 0 spiro atoms. The molecule has 41 heavy (non-hydrogen) atoms. The number of carbonyl (C=O) groups is 2. The van der Waals surface area contributed by atoms with Gasteiger partial charge in [0, 0.05) is 36.4 Å². The Balaban J connectivity index is 1.60. The first-order valence-corrected chi connectivity index (χ1v) is 15.4. The molecule has 0 unspecified atom stereocenters. The lowest BCUT2D eigenvalue weighted by Crippen LogP contribution is -2.48. The van der Waals surface area contributed by atoms with E-state index in [2.05, 4.69) is 10.0 Å². The number of rotatable bonds is 8. The standard InChI is InChI=1S/C28H33FN4O6S2/c1-18-15-33(19(2)17-34)26(35)14-20-13-23(31-41(37,38)27-5-4-12-40-27)10-11-24(20)39-25(18)16-32(3)28(36)30-22-8-6-21(29)7-9-22/h4-13,18-19,25,31,34H,14-17H2,1-3H3,(H,30,36)/t18-,19-,25+/m1/s1. The minimum atomic E-state index is -3.81. The summed E-state index contributed by atoms with van der Waals surface area (Å²) in [7, 11) is -2.21. The molecule has 3 atom stereocenters. The molecule has 1 aliphatic rings. The van der Waals surface area contributed by atoms with Gasteiger partial charge >= 0.3 is 6.03 Å². The molecule has 0 saturated heterocycles. The van der Waals surface area contributed by atoms with E-state index in [1.165, 1.54) is 35.2 Å². The summed E-state index contributed by atoms with van der Waals surface area (Å²) in [6, 6.07) is 12.4. The van der Waals surface area contributed by atoms with Crippen molar-refractivity contribution in [1.82, 2.24) is 9.80 Å². The lowest BCUT2D eigenvalue weighted by atomic mass is 10.0. The Hall–Kier alpha value is -3.68. The first kappa shape index (κ1) is 30.3. The number of carbonyl (C=O) groups excluding carboxylic acids is 2. The van der Waals surface area contributed by atoms with Gasteiger partial charge in [0.05, 0.1) is 25.6 Å². The summed E-state index contributed by atoms with van der Waals surface area (Å²) in [6.45, 7) is 3.82. The van der Waals surface area contributed by atoms with Crippen molar-refractivity contribution >= 4 is 44.7 Å². The van der Waals surface area contributed by atoms with Crippen LogP contribution in [0.4, 0.5) is 20.6 Å². The van der Waals surface area contributed by atoms with Crippen LogP contribution < -0.4 is 14.8 Å². The first-order chi connectivity index (χ1) is 19.5. The zero-order valence-electron chi connectivity index (χ0n) is 22.9. The van der Waals surface area contributed by atoms with Crippen LogP contribution in [-0.2, 0) is 21.2 Å². The molecule has 3 N–H and O–H groups in total. The molecule has 0 bridgehead atoms.